The molecule has 6 heteroatoms. The average molecular weight is 358 g/mol. The number of aromatic amines is 1. The summed E-state index contributed by atoms with van der Waals surface area (Å²) in [6, 6.07) is 0.466. The summed E-state index contributed by atoms with van der Waals surface area (Å²) in [4.78, 5) is 21.9. The van der Waals surface area contributed by atoms with Crippen molar-refractivity contribution in [3.05, 3.63) is 26.3 Å². The summed E-state index contributed by atoms with van der Waals surface area (Å²) in [5.74, 6) is 1.09. The highest BCUT2D eigenvalue weighted by molar-refractivity contribution is 9.10. The molecule has 2 rings (SSSR count). The zero-order valence-corrected chi connectivity index (χ0v) is 14.7. The molecular formula is C15H24BrN3O2. The van der Waals surface area contributed by atoms with Crippen molar-refractivity contribution in [2.24, 2.45) is 5.92 Å². The molecule has 1 unspecified atom stereocenters. The Hall–Kier alpha value is -0.720. The van der Waals surface area contributed by atoms with Crippen LogP contribution in [0.25, 0.3) is 0 Å². The van der Waals surface area contributed by atoms with Gasteiger partial charge in [-0.05, 0) is 42.1 Å². The fraction of sp³-hybridized carbons (Fsp3) is 0.733. The SMILES string of the molecule is CC(C)Cc1nc(C2CN(C(C)C)CCO2)[nH]c(=O)c1Br. The van der Waals surface area contributed by atoms with Crippen LogP contribution in [0.3, 0.4) is 0 Å². The lowest BCUT2D eigenvalue weighted by Crippen LogP contribution is -2.43. The number of rotatable bonds is 4. The van der Waals surface area contributed by atoms with Crippen LogP contribution < -0.4 is 5.56 Å². The van der Waals surface area contributed by atoms with Crippen LogP contribution in [0.4, 0.5) is 0 Å². The molecule has 21 heavy (non-hydrogen) atoms. The van der Waals surface area contributed by atoms with Gasteiger partial charge in [0.25, 0.3) is 5.56 Å². The first-order chi connectivity index (χ1) is 9.88. The van der Waals surface area contributed by atoms with Crippen molar-refractivity contribution in [3.8, 4) is 0 Å². The highest BCUT2D eigenvalue weighted by Gasteiger charge is 2.26. The summed E-state index contributed by atoms with van der Waals surface area (Å²) < 4.78 is 6.35. The van der Waals surface area contributed by atoms with Crippen molar-refractivity contribution >= 4 is 15.9 Å². The molecule has 0 aliphatic carbocycles. The maximum Gasteiger partial charge on any atom is 0.265 e. The van der Waals surface area contributed by atoms with E-state index in [2.05, 4.69) is 58.5 Å². The van der Waals surface area contributed by atoms with E-state index in [1.165, 1.54) is 0 Å². The third-order valence-corrected chi connectivity index (χ3v) is 4.50. The van der Waals surface area contributed by atoms with Crippen molar-refractivity contribution in [1.29, 1.82) is 0 Å². The van der Waals surface area contributed by atoms with Crippen molar-refractivity contribution in [2.75, 3.05) is 19.7 Å². The molecule has 5 nitrogen and oxygen atoms in total. The minimum atomic E-state index is -0.159. The van der Waals surface area contributed by atoms with Crippen molar-refractivity contribution < 1.29 is 4.74 Å². The number of ether oxygens (including phenoxy) is 1. The van der Waals surface area contributed by atoms with Gasteiger partial charge in [-0.1, -0.05) is 13.8 Å². The second kappa shape index (κ2) is 7.03. The average Bonchev–Trinajstić information content (AvgIpc) is 2.43. The molecule has 0 saturated carbocycles. The maximum atomic E-state index is 12.1. The number of morpholine rings is 1. The van der Waals surface area contributed by atoms with Gasteiger partial charge in [0.2, 0.25) is 0 Å². The lowest BCUT2D eigenvalue weighted by molar-refractivity contribution is -0.0445. The van der Waals surface area contributed by atoms with Gasteiger partial charge in [0.05, 0.1) is 12.3 Å². The van der Waals surface area contributed by atoms with Crippen molar-refractivity contribution in [3.63, 3.8) is 0 Å². The van der Waals surface area contributed by atoms with Crippen LogP contribution in [0.5, 0.6) is 0 Å². The summed E-state index contributed by atoms with van der Waals surface area (Å²) in [6.07, 6.45) is 0.617. The zero-order chi connectivity index (χ0) is 15.6. The Balaban J connectivity index is 2.27. The fourth-order valence-corrected chi connectivity index (χ4v) is 2.85. The highest BCUT2D eigenvalue weighted by atomic mass is 79.9. The Morgan fingerprint density at radius 3 is 2.76 bits per heavy atom. The van der Waals surface area contributed by atoms with Gasteiger partial charge in [0.15, 0.2) is 0 Å². The van der Waals surface area contributed by atoms with Crippen molar-refractivity contribution in [2.45, 2.75) is 46.3 Å². The predicted molar refractivity (Wildman–Crippen MR) is 86.5 cm³/mol. The topological polar surface area (TPSA) is 58.2 Å². The van der Waals surface area contributed by atoms with Crippen LogP contribution in [-0.4, -0.2) is 40.6 Å². The van der Waals surface area contributed by atoms with E-state index < -0.39 is 0 Å². The van der Waals surface area contributed by atoms with Crippen LogP contribution >= 0.6 is 15.9 Å². The maximum absolute atomic E-state index is 12.1. The summed E-state index contributed by atoms with van der Waals surface area (Å²) in [5, 5.41) is 0. The molecule has 2 heterocycles. The minimum Gasteiger partial charge on any atom is -0.368 e. The molecule has 1 atom stereocenters. The van der Waals surface area contributed by atoms with E-state index in [0.29, 0.717) is 28.9 Å². The van der Waals surface area contributed by atoms with Gasteiger partial charge in [0, 0.05) is 19.1 Å². The van der Waals surface area contributed by atoms with E-state index in [9.17, 15) is 4.79 Å². The number of H-pyrrole nitrogens is 1. The van der Waals surface area contributed by atoms with Gasteiger partial charge in [-0.2, -0.15) is 0 Å². The summed E-state index contributed by atoms with van der Waals surface area (Å²) in [6.45, 7) is 10.9. The van der Waals surface area contributed by atoms with Crippen LogP contribution in [0.1, 0.15) is 45.3 Å². The first-order valence-corrected chi connectivity index (χ1v) is 8.32. The molecule has 0 bridgehead atoms. The van der Waals surface area contributed by atoms with Crippen molar-refractivity contribution in [1.82, 2.24) is 14.9 Å². The molecule has 1 aliphatic rings. The number of hydrogen-bond donors (Lipinski definition) is 1. The number of halogens is 1. The highest BCUT2D eigenvalue weighted by Crippen LogP contribution is 2.22. The minimum absolute atomic E-state index is 0.124. The lowest BCUT2D eigenvalue weighted by Gasteiger charge is -2.35. The largest absolute Gasteiger partial charge is 0.368 e. The van der Waals surface area contributed by atoms with E-state index in [1.54, 1.807) is 0 Å². The second-order valence-electron chi connectivity index (χ2n) is 6.26. The lowest BCUT2D eigenvalue weighted by atomic mass is 10.1. The smallest absolute Gasteiger partial charge is 0.265 e. The van der Waals surface area contributed by atoms with E-state index >= 15 is 0 Å². The van der Waals surface area contributed by atoms with Crippen LogP contribution in [0.2, 0.25) is 0 Å². The monoisotopic (exact) mass is 357 g/mol. The molecule has 118 valence electrons. The quantitative estimate of drug-likeness (QED) is 0.899. The van der Waals surface area contributed by atoms with Crippen LogP contribution in [-0.2, 0) is 11.2 Å². The number of aromatic nitrogens is 2. The molecular weight excluding hydrogens is 334 g/mol. The zero-order valence-electron chi connectivity index (χ0n) is 13.1. The summed E-state index contributed by atoms with van der Waals surface area (Å²) >= 11 is 3.34. The fourth-order valence-electron chi connectivity index (χ4n) is 2.50. The van der Waals surface area contributed by atoms with E-state index in [0.717, 1.165) is 25.2 Å². The molecule has 1 N–H and O–H groups in total. The van der Waals surface area contributed by atoms with Gasteiger partial charge < -0.3 is 9.72 Å². The van der Waals surface area contributed by atoms with Gasteiger partial charge >= 0.3 is 0 Å². The second-order valence-corrected chi connectivity index (χ2v) is 7.05. The van der Waals surface area contributed by atoms with E-state index in [4.69, 9.17) is 4.74 Å². The molecule has 0 radical (unpaired) electrons. The van der Waals surface area contributed by atoms with Gasteiger partial charge in [-0.3, -0.25) is 9.69 Å². The standard InChI is InChI=1S/C15H24BrN3O2/c1-9(2)7-11-13(16)15(20)18-14(17-11)12-8-19(10(3)4)5-6-21-12/h9-10,12H,5-8H2,1-4H3,(H,17,18,20). The summed E-state index contributed by atoms with van der Waals surface area (Å²) in [7, 11) is 0. The number of nitrogens with one attached hydrogen (secondary N) is 1. The Morgan fingerprint density at radius 1 is 1.43 bits per heavy atom. The molecule has 1 fully saturated rings. The third kappa shape index (κ3) is 4.14. The Kier molecular flexibility index (Phi) is 5.57. The summed E-state index contributed by atoms with van der Waals surface area (Å²) in [5.41, 5.74) is 0.690. The molecule has 0 amide bonds. The predicted octanol–water partition coefficient (Wildman–Crippen LogP) is 2.51. The number of hydrogen-bond acceptors (Lipinski definition) is 4. The first-order valence-electron chi connectivity index (χ1n) is 7.52. The molecule has 1 saturated heterocycles. The molecule has 1 aromatic heterocycles. The van der Waals surface area contributed by atoms with Gasteiger partial charge in [0.1, 0.15) is 16.4 Å². The molecule has 1 aliphatic heterocycles. The van der Waals surface area contributed by atoms with E-state index in [1.807, 2.05) is 0 Å². The Bertz CT molecular complexity index is 542. The molecule has 0 aromatic carbocycles. The molecule has 0 spiro atoms. The van der Waals surface area contributed by atoms with E-state index in [-0.39, 0.29) is 11.7 Å². The molecule has 1 aromatic rings. The normalized spacial score (nSPS) is 20.4. The first kappa shape index (κ1) is 16.6. The Labute approximate surface area is 134 Å². The van der Waals surface area contributed by atoms with Crippen LogP contribution in [0, 0.1) is 5.92 Å². The third-order valence-electron chi connectivity index (χ3n) is 3.68. The van der Waals surface area contributed by atoms with Crippen LogP contribution in [0.15, 0.2) is 9.27 Å². The van der Waals surface area contributed by atoms with Gasteiger partial charge in [-0.15, -0.1) is 0 Å². The number of nitrogens with zero attached hydrogens (tertiary/aromatic N) is 2. The van der Waals surface area contributed by atoms with Gasteiger partial charge in [-0.25, -0.2) is 4.98 Å². The Morgan fingerprint density at radius 2 is 2.14 bits per heavy atom.